The lowest BCUT2D eigenvalue weighted by molar-refractivity contribution is 0.102. The first kappa shape index (κ1) is 15.2. The summed E-state index contributed by atoms with van der Waals surface area (Å²) in [5, 5.41) is 9.99. The van der Waals surface area contributed by atoms with Crippen molar-refractivity contribution >= 4 is 23.2 Å². The number of aromatic nitrogens is 2. The lowest BCUT2D eigenvalue weighted by Gasteiger charge is -2.07. The van der Waals surface area contributed by atoms with Crippen LogP contribution >= 0.6 is 11.6 Å². The van der Waals surface area contributed by atoms with Gasteiger partial charge in [0, 0.05) is 11.3 Å². The average molecular weight is 330 g/mol. The minimum atomic E-state index is -0.410. The molecule has 0 unspecified atom stereocenters. The van der Waals surface area contributed by atoms with Crippen LogP contribution in [-0.2, 0) is 0 Å². The molecule has 0 aliphatic rings. The molecule has 1 amide bonds. The molecule has 0 aliphatic heterocycles. The molecule has 0 aliphatic carbocycles. The zero-order valence-corrected chi connectivity index (χ0v) is 13.0. The molecule has 3 aromatic rings. The van der Waals surface area contributed by atoms with Gasteiger partial charge in [-0.05, 0) is 36.8 Å². The van der Waals surface area contributed by atoms with Crippen LogP contribution in [0.3, 0.4) is 0 Å². The number of hydrogen-bond acceptors (Lipinski definition) is 2. The average Bonchev–Trinajstić information content (AvgIpc) is 3.01. The molecule has 0 spiro atoms. The fourth-order valence-electron chi connectivity index (χ4n) is 2.16. The number of nitrogens with one attached hydrogen (secondary N) is 2. The molecule has 1 aromatic heterocycles. The second-order valence-corrected chi connectivity index (χ2v) is 5.47. The second kappa shape index (κ2) is 6.22. The van der Waals surface area contributed by atoms with E-state index in [4.69, 9.17) is 11.6 Å². The third-order valence-electron chi connectivity index (χ3n) is 3.42. The number of H-pyrrole nitrogens is 1. The Labute approximate surface area is 137 Å². The van der Waals surface area contributed by atoms with Crippen LogP contribution < -0.4 is 5.32 Å². The molecule has 6 heteroatoms. The summed E-state index contributed by atoms with van der Waals surface area (Å²) in [6.45, 7) is 1.79. The van der Waals surface area contributed by atoms with Gasteiger partial charge in [0.1, 0.15) is 11.5 Å². The number of benzene rings is 2. The van der Waals surface area contributed by atoms with E-state index in [1.54, 1.807) is 25.1 Å². The fourth-order valence-corrected chi connectivity index (χ4v) is 2.40. The summed E-state index contributed by atoms with van der Waals surface area (Å²) in [7, 11) is 0. The number of aryl methyl sites for hydroxylation is 1. The van der Waals surface area contributed by atoms with Crippen LogP contribution in [0.5, 0.6) is 0 Å². The van der Waals surface area contributed by atoms with E-state index in [1.807, 2.05) is 18.2 Å². The Kier molecular flexibility index (Phi) is 4.12. The predicted octanol–water partition coefficient (Wildman–Crippen LogP) is 4.43. The van der Waals surface area contributed by atoms with Gasteiger partial charge in [0.15, 0.2) is 0 Å². The maximum absolute atomic E-state index is 13.3. The van der Waals surface area contributed by atoms with Crippen LogP contribution in [0.2, 0.25) is 5.02 Å². The Morgan fingerprint density at radius 2 is 2.00 bits per heavy atom. The maximum Gasteiger partial charge on any atom is 0.273 e. The summed E-state index contributed by atoms with van der Waals surface area (Å²) in [6.07, 6.45) is 0. The first-order valence-electron chi connectivity index (χ1n) is 6.92. The van der Waals surface area contributed by atoms with Gasteiger partial charge in [-0.1, -0.05) is 35.9 Å². The zero-order valence-electron chi connectivity index (χ0n) is 12.2. The van der Waals surface area contributed by atoms with E-state index in [0.717, 1.165) is 11.1 Å². The highest BCUT2D eigenvalue weighted by Crippen LogP contribution is 2.26. The molecule has 2 aromatic carbocycles. The van der Waals surface area contributed by atoms with E-state index in [1.165, 1.54) is 12.1 Å². The van der Waals surface area contributed by atoms with E-state index in [0.29, 0.717) is 16.4 Å². The molecule has 0 bridgehead atoms. The minimum absolute atomic E-state index is 0.267. The SMILES string of the molecule is Cc1ccc(F)cc1NC(=O)c1cc(-c2ccccc2Cl)n[nH]1. The quantitative estimate of drug-likeness (QED) is 0.746. The number of amides is 1. The second-order valence-electron chi connectivity index (χ2n) is 5.06. The highest BCUT2D eigenvalue weighted by atomic mass is 35.5. The molecule has 116 valence electrons. The van der Waals surface area contributed by atoms with Crippen LogP contribution in [0.1, 0.15) is 16.1 Å². The molecule has 3 rings (SSSR count). The number of nitrogens with zero attached hydrogens (tertiary/aromatic N) is 1. The van der Waals surface area contributed by atoms with Gasteiger partial charge in [0.2, 0.25) is 0 Å². The molecule has 0 saturated heterocycles. The third kappa shape index (κ3) is 3.24. The van der Waals surface area contributed by atoms with Gasteiger partial charge in [-0.15, -0.1) is 0 Å². The van der Waals surface area contributed by atoms with Crippen molar-refractivity contribution in [1.82, 2.24) is 10.2 Å². The summed E-state index contributed by atoms with van der Waals surface area (Å²) >= 11 is 6.12. The van der Waals surface area contributed by atoms with Gasteiger partial charge in [-0.25, -0.2) is 4.39 Å². The van der Waals surface area contributed by atoms with Gasteiger partial charge >= 0.3 is 0 Å². The molecular weight excluding hydrogens is 317 g/mol. The molecular formula is C17H13ClFN3O. The van der Waals surface area contributed by atoms with E-state index in [2.05, 4.69) is 15.5 Å². The first-order chi connectivity index (χ1) is 11.0. The molecule has 1 heterocycles. The van der Waals surface area contributed by atoms with Crippen molar-refractivity contribution in [2.45, 2.75) is 6.92 Å². The largest absolute Gasteiger partial charge is 0.320 e. The zero-order chi connectivity index (χ0) is 16.4. The first-order valence-corrected chi connectivity index (χ1v) is 7.30. The van der Waals surface area contributed by atoms with Crippen LogP contribution in [0.25, 0.3) is 11.3 Å². The Bertz CT molecular complexity index is 876. The molecule has 4 nitrogen and oxygen atoms in total. The fraction of sp³-hybridized carbons (Fsp3) is 0.0588. The van der Waals surface area contributed by atoms with Gasteiger partial charge in [-0.3, -0.25) is 9.89 Å². The monoisotopic (exact) mass is 329 g/mol. The number of carbonyl (C=O) groups excluding carboxylic acids is 1. The van der Waals surface area contributed by atoms with Crippen LogP contribution in [0.15, 0.2) is 48.5 Å². The van der Waals surface area contributed by atoms with Crippen LogP contribution in [0, 0.1) is 12.7 Å². The number of aromatic amines is 1. The van der Waals surface area contributed by atoms with Gasteiger partial charge in [0.05, 0.1) is 10.7 Å². The summed E-state index contributed by atoms with van der Waals surface area (Å²) in [5.41, 5.74) is 2.75. The van der Waals surface area contributed by atoms with E-state index >= 15 is 0 Å². The van der Waals surface area contributed by atoms with Gasteiger partial charge in [-0.2, -0.15) is 5.10 Å². The van der Waals surface area contributed by atoms with E-state index < -0.39 is 11.7 Å². The minimum Gasteiger partial charge on any atom is -0.320 e. The maximum atomic E-state index is 13.3. The van der Waals surface area contributed by atoms with Crippen molar-refractivity contribution in [3.05, 3.63) is 70.6 Å². The van der Waals surface area contributed by atoms with Crippen molar-refractivity contribution in [2.24, 2.45) is 0 Å². The topological polar surface area (TPSA) is 57.8 Å². The molecule has 0 fully saturated rings. The summed E-state index contributed by atoms with van der Waals surface area (Å²) in [5.74, 6) is -0.809. The summed E-state index contributed by atoms with van der Waals surface area (Å²) < 4.78 is 13.3. The Morgan fingerprint density at radius 1 is 1.22 bits per heavy atom. The van der Waals surface area contributed by atoms with E-state index in [-0.39, 0.29) is 5.69 Å². The van der Waals surface area contributed by atoms with Gasteiger partial charge in [0.25, 0.3) is 5.91 Å². The highest BCUT2D eigenvalue weighted by Gasteiger charge is 2.14. The lowest BCUT2D eigenvalue weighted by atomic mass is 10.1. The Balaban J connectivity index is 1.84. The Morgan fingerprint density at radius 3 is 2.78 bits per heavy atom. The molecule has 0 radical (unpaired) electrons. The normalized spacial score (nSPS) is 10.6. The third-order valence-corrected chi connectivity index (χ3v) is 3.75. The number of anilines is 1. The molecule has 0 atom stereocenters. The smallest absolute Gasteiger partial charge is 0.273 e. The molecule has 0 saturated carbocycles. The number of hydrogen-bond donors (Lipinski definition) is 2. The standard InChI is InChI=1S/C17H13ClFN3O/c1-10-6-7-11(19)8-14(10)20-17(23)16-9-15(21-22-16)12-4-2-3-5-13(12)18/h2-9H,1H3,(H,20,23)(H,21,22). The van der Waals surface area contributed by atoms with Crippen LogP contribution in [0.4, 0.5) is 10.1 Å². The Hall–Kier alpha value is -2.66. The van der Waals surface area contributed by atoms with Crippen molar-refractivity contribution in [1.29, 1.82) is 0 Å². The highest BCUT2D eigenvalue weighted by molar-refractivity contribution is 6.33. The predicted molar refractivity (Wildman–Crippen MR) is 88.1 cm³/mol. The number of carbonyl (C=O) groups is 1. The summed E-state index contributed by atoms with van der Waals surface area (Å²) in [4.78, 5) is 12.3. The number of rotatable bonds is 3. The van der Waals surface area contributed by atoms with Crippen LogP contribution in [-0.4, -0.2) is 16.1 Å². The molecule has 23 heavy (non-hydrogen) atoms. The van der Waals surface area contributed by atoms with Crippen molar-refractivity contribution in [3.63, 3.8) is 0 Å². The summed E-state index contributed by atoms with van der Waals surface area (Å²) in [6, 6.07) is 13.1. The lowest BCUT2D eigenvalue weighted by Crippen LogP contribution is -2.13. The van der Waals surface area contributed by atoms with Gasteiger partial charge < -0.3 is 5.32 Å². The number of halogens is 2. The van der Waals surface area contributed by atoms with Crippen molar-refractivity contribution < 1.29 is 9.18 Å². The van der Waals surface area contributed by atoms with Crippen molar-refractivity contribution in [2.75, 3.05) is 5.32 Å². The van der Waals surface area contributed by atoms with Crippen molar-refractivity contribution in [3.8, 4) is 11.3 Å². The van der Waals surface area contributed by atoms with E-state index in [9.17, 15) is 9.18 Å². The molecule has 2 N–H and O–H groups in total.